The molecule has 1 aliphatic rings. The molecule has 0 amide bonds. The average Bonchev–Trinajstić information content (AvgIpc) is 2.86. The largest absolute Gasteiger partial charge is 0.416 e. The second kappa shape index (κ2) is 5.47. The first-order chi connectivity index (χ1) is 10.8. The van der Waals surface area contributed by atoms with Gasteiger partial charge in [0.25, 0.3) is 0 Å². The Morgan fingerprint density at radius 3 is 2.83 bits per heavy atom. The van der Waals surface area contributed by atoms with Crippen LogP contribution in [0.15, 0.2) is 18.3 Å². The van der Waals surface area contributed by atoms with Gasteiger partial charge >= 0.3 is 6.18 Å². The number of hydrogen-bond donors (Lipinski definition) is 2. The van der Waals surface area contributed by atoms with E-state index in [0.29, 0.717) is 25.2 Å². The number of nitriles is 1. The smallest absolute Gasteiger partial charge is 0.388 e. The van der Waals surface area contributed by atoms with Crippen LogP contribution in [-0.2, 0) is 12.7 Å². The molecule has 0 saturated heterocycles. The Balaban J connectivity index is 1.64. The van der Waals surface area contributed by atoms with Crippen molar-refractivity contribution in [2.75, 3.05) is 6.54 Å². The van der Waals surface area contributed by atoms with E-state index in [1.807, 2.05) is 0 Å². The Morgan fingerprint density at radius 1 is 1.43 bits per heavy atom. The molecule has 0 aromatic carbocycles. The van der Waals surface area contributed by atoms with Gasteiger partial charge in [0.1, 0.15) is 0 Å². The first-order valence-electron chi connectivity index (χ1n) is 7.04. The van der Waals surface area contributed by atoms with Crippen LogP contribution in [0.5, 0.6) is 0 Å². The molecule has 6 nitrogen and oxygen atoms in total. The van der Waals surface area contributed by atoms with Crippen LogP contribution >= 0.6 is 0 Å². The third-order valence-electron chi connectivity index (χ3n) is 3.98. The van der Waals surface area contributed by atoms with Gasteiger partial charge in [0, 0.05) is 12.7 Å². The molecule has 2 N–H and O–H groups in total. The van der Waals surface area contributed by atoms with E-state index in [1.165, 1.54) is 10.6 Å². The minimum absolute atomic E-state index is 0.114. The van der Waals surface area contributed by atoms with Gasteiger partial charge < -0.3 is 10.4 Å². The Labute approximate surface area is 129 Å². The van der Waals surface area contributed by atoms with Crippen LogP contribution in [-0.4, -0.2) is 31.9 Å². The molecule has 3 rings (SSSR count). The highest BCUT2D eigenvalue weighted by Gasteiger charge is 2.42. The number of rotatable bonds is 4. The summed E-state index contributed by atoms with van der Waals surface area (Å²) in [7, 11) is 0. The van der Waals surface area contributed by atoms with Crippen LogP contribution in [0.4, 0.5) is 13.2 Å². The van der Waals surface area contributed by atoms with Gasteiger partial charge in [-0.15, -0.1) is 10.2 Å². The highest BCUT2D eigenvalue weighted by atomic mass is 19.4. The maximum Gasteiger partial charge on any atom is 0.416 e. The highest BCUT2D eigenvalue weighted by molar-refractivity contribution is 5.42. The van der Waals surface area contributed by atoms with Gasteiger partial charge in [0.2, 0.25) is 0 Å². The van der Waals surface area contributed by atoms with Gasteiger partial charge in [-0.25, -0.2) is 0 Å². The Bertz CT molecular complexity index is 758. The predicted molar refractivity (Wildman–Crippen MR) is 73.0 cm³/mol. The molecule has 0 radical (unpaired) electrons. The number of alkyl halides is 3. The van der Waals surface area contributed by atoms with Crippen molar-refractivity contribution in [2.45, 2.75) is 31.2 Å². The quantitative estimate of drug-likeness (QED) is 0.890. The number of aliphatic hydroxyl groups is 1. The molecule has 23 heavy (non-hydrogen) atoms. The maximum atomic E-state index is 12.6. The van der Waals surface area contributed by atoms with Crippen molar-refractivity contribution in [2.24, 2.45) is 5.92 Å². The number of pyridine rings is 1. The van der Waals surface area contributed by atoms with Crippen LogP contribution < -0.4 is 5.32 Å². The van der Waals surface area contributed by atoms with Gasteiger partial charge in [-0.05, 0) is 25.0 Å². The molecule has 1 fully saturated rings. The lowest BCUT2D eigenvalue weighted by Gasteiger charge is -2.40. The Kier molecular flexibility index (Phi) is 3.74. The first-order valence-corrected chi connectivity index (χ1v) is 7.04. The summed E-state index contributed by atoms with van der Waals surface area (Å²) in [6.45, 7) is 0.548. The molecule has 2 aromatic rings. The summed E-state index contributed by atoms with van der Waals surface area (Å²) in [6.07, 6.45) is -2.30. The zero-order valence-corrected chi connectivity index (χ0v) is 12.0. The fraction of sp³-hybridized carbons (Fsp3) is 0.500. The Hall–Kier alpha value is -2.18. The van der Waals surface area contributed by atoms with Crippen LogP contribution in [0.1, 0.15) is 24.2 Å². The summed E-state index contributed by atoms with van der Waals surface area (Å²) in [4.78, 5) is 0. The summed E-state index contributed by atoms with van der Waals surface area (Å²) >= 11 is 0. The summed E-state index contributed by atoms with van der Waals surface area (Å²) in [5.74, 6) is 0.338. The third-order valence-corrected chi connectivity index (χ3v) is 3.98. The van der Waals surface area contributed by atoms with Gasteiger partial charge in [-0.1, -0.05) is 0 Å². The number of aromatic nitrogens is 3. The van der Waals surface area contributed by atoms with Crippen molar-refractivity contribution in [3.05, 3.63) is 29.7 Å². The van der Waals surface area contributed by atoms with E-state index in [0.717, 1.165) is 12.1 Å². The van der Waals surface area contributed by atoms with Crippen LogP contribution in [0.25, 0.3) is 5.65 Å². The molecular formula is C14H14F3N5O. The topological polar surface area (TPSA) is 86.2 Å². The van der Waals surface area contributed by atoms with Crippen molar-refractivity contribution in [1.82, 2.24) is 19.9 Å². The van der Waals surface area contributed by atoms with Gasteiger partial charge in [0.15, 0.2) is 11.5 Å². The normalized spacial score (nSPS) is 24.4. The molecule has 0 spiro atoms. The number of hydrogen-bond acceptors (Lipinski definition) is 5. The van der Waals surface area contributed by atoms with Crippen molar-refractivity contribution in [3.8, 4) is 6.07 Å². The second-order valence-corrected chi connectivity index (χ2v) is 5.82. The van der Waals surface area contributed by atoms with Gasteiger partial charge in [0.05, 0.1) is 29.7 Å². The summed E-state index contributed by atoms with van der Waals surface area (Å²) in [6, 6.07) is 4.00. The summed E-state index contributed by atoms with van der Waals surface area (Å²) < 4.78 is 39.4. The molecule has 1 aliphatic carbocycles. The number of nitrogens with zero attached hydrogens (tertiary/aromatic N) is 4. The van der Waals surface area contributed by atoms with Crippen molar-refractivity contribution >= 4 is 5.65 Å². The molecule has 0 atom stereocenters. The van der Waals surface area contributed by atoms with E-state index in [1.54, 1.807) is 0 Å². The third kappa shape index (κ3) is 3.13. The van der Waals surface area contributed by atoms with E-state index in [9.17, 15) is 18.3 Å². The summed E-state index contributed by atoms with van der Waals surface area (Å²) in [5.41, 5.74) is -1.56. The van der Waals surface area contributed by atoms with Gasteiger partial charge in [-0.3, -0.25) is 4.40 Å². The van der Waals surface area contributed by atoms with Crippen molar-refractivity contribution in [3.63, 3.8) is 0 Å². The highest BCUT2D eigenvalue weighted by Crippen LogP contribution is 2.36. The van der Waals surface area contributed by atoms with Gasteiger partial charge in [-0.2, -0.15) is 18.4 Å². The van der Waals surface area contributed by atoms with E-state index >= 15 is 0 Å². The zero-order chi connectivity index (χ0) is 16.7. The predicted octanol–water partition coefficient (Wildman–Crippen LogP) is 1.50. The molecule has 2 aromatic heterocycles. The fourth-order valence-electron chi connectivity index (χ4n) is 2.74. The molecule has 1 saturated carbocycles. The molecule has 0 aliphatic heterocycles. The van der Waals surface area contributed by atoms with Crippen LogP contribution in [0, 0.1) is 17.2 Å². The van der Waals surface area contributed by atoms with Crippen molar-refractivity contribution < 1.29 is 18.3 Å². The maximum absolute atomic E-state index is 12.6. The molecular weight excluding hydrogens is 311 g/mol. The summed E-state index contributed by atoms with van der Waals surface area (Å²) in [5, 5.41) is 29.4. The monoisotopic (exact) mass is 325 g/mol. The standard InChI is InChI=1S/C14H14F3N5O/c15-14(16,17)10-1-2-22-11(3-10)20-21-12(22)7-19-8-13(23)4-9(5-13)6-18/h1-3,9,19,23H,4-5,7-8H2. The number of halogens is 3. The average molecular weight is 325 g/mol. The van der Waals surface area contributed by atoms with Crippen LogP contribution in [0.2, 0.25) is 0 Å². The number of fused-ring (bicyclic) bond motifs is 1. The molecule has 0 unspecified atom stereocenters. The lowest BCUT2D eigenvalue weighted by molar-refractivity contribution is -0.137. The molecule has 9 heteroatoms. The minimum Gasteiger partial charge on any atom is -0.388 e. The van der Waals surface area contributed by atoms with Crippen LogP contribution in [0.3, 0.4) is 0 Å². The number of nitrogens with one attached hydrogen (secondary N) is 1. The van der Waals surface area contributed by atoms with E-state index in [2.05, 4.69) is 21.6 Å². The van der Waals surface area contributed by atoms with E-state index in [4.69, 9.17) is 5.26 Å². The Morgan fingerprint density at radius 2 is 2.17 bits per heavy atom. The minimum atomic E-state index is -4.42. The van der Waals surface area contributed by atoms with Crippen molar-refractivity contribution in [1.29, 1.82) is 5.26 Å². The zero-order valence-electron chi connectivity index (χ0n) is 12.0. The lowest BCUT2D eigenvalue weighted by atomic mass is 9.71. The molecule has 2 heterocycles. The van der Waals surface area contributed by atoms with E-state index < -0.39 is 17.3 Å². The first kappa shape index (κ1) is 15.7. The SMILES string of the molecule is N#CC1CC(O)(CNCc2nnc3cc(C(F)(F)F)ccn23)C1. The lowest BCUT2D eigenvalue weighted by Crippen LogP contribution is -2.50. The van der Waals surface area contributed by atoms with E-state index in [-0.39, 0.29) is 18.1 Å². The molecule has 122 valence electrons. The fourth-order valence-corrected chi connectivity index (χ4v) is 2.74. The second-order valence-electron chi connectivity index (χ2n) is 5.82. The molecule has 0 bridgehead atoms.